The van der Waals surface area contributed by atoms with Gasteiger partial charge in [0.05, 0.1) is 6.10 Å². The molecule has 2 N–H and O–H groups in total. The second-order valence-electron chi connectivity index (χ2n) is 5.43. The molecular formula is C12H25NO2. The number of aliphatic hydroxyl groups is 1. The Morgan fingerprint density at radius 3 is 2.20 bits per heavy atom. The molecule has 90 valence electrons. The summed E-state index contributed by atoms with van der Waals surface area (Å²) in [5.74, 6) is 0.104. The third-order valence-electron chi connectivity index (χ3n) is 4.68. The number of hydrogen-bond donors (Lipinski definition) is 2. The van der Waals surface area contributed by atoms with Crippen molar-refractivity contribution in [2.75, 3.05) is 0 Å². The van der Waals surface area contributed by atoms with Crippen molar-refractivity contribution in [3.05, 3.63) is 0 Å². The fraction of sp³-hybridized carbons (Fsp3) is 1.00. The highest BCUT2D eigenvalue weighted by Crippen LogP contribution is 2.43. The Bertz CT molecular complexity index is 234. The Morgan fingerprint density at radius 2 is 1.80 bits per heavy atom. The highest BCUT2D eigenvalue weighted by molar-refractivity contribution is 5.03. The smallest absolute Gasteiger partial charge is 0.0602 e. The fourth-order valence-electron chi connectivity index (χ4n) is 2.70. The van der Waals surface area contributed by atoms with Crippen LogP contribution in [0.5, 0.6) is 0 Å². The molecule has 0 aromatic carbocycles. The van der Waals surface area contributed by atoms with Crippen LogP contribution < -0.4 is 0 Å². The summed E-state index contributed by atoms with van der Waals surface area (Å²) < 4.78 is 0. The molecule has 3 nitrogen and oxygen atoms in total. The lowest BCUT2D eigenvalue weighted by Crippen LogP contribution is -2.66. The van der Waals surface area contributed by atoms with Gasteiger partial charge in [0.2, 0.25) is 0 Å². The van der Waals surface area contributed by atoms with Gasteiger partial charge < -0.3 is 10.3 Å². The molecule has 1 saturated heterocycles. The quantitative estimate of drug-likeness (QED) is 0.743. The lowest BCUT2D eigenvalue weighted by Gasteiger charge is -2.56. The predicted molar refractivity (Wildman–Crippen MR) is 60.8 cm³/mol. The summed E-state index contributed by atoms with van der Waals surface area (Å²) in [6, 6.07) is 0. The van der Waals surface area contributed by atoms with Gasteiger partial charge in [-0.3, -0.25) is 0 Å². The second kappa shape index (κ2) is 4.04. The molecule has 0 spiro atoms. The number of hydroxylamine groups is 2. The average molecular weight is 215 g/mol. The number of aliphatic hydroxyl groups excluding tert-OH is 1. The van der Waals surface area contributed by atoms with Crippen molar-refractivity contribution in [1.82, 2.24) is 5.06 Å². The Kier molecular flexibility index (Phi) is 3.49. The molecule has 0 amide bonds. The van der Waals surface area contributed by atoms with Gasteiger partial charge in [0.25, 0.3) is 0 Å². The van der Waals surface area contributed by atoms with Gasteiger partial charge in [-0.25, -0.2) is 0 Å². The van der Waals surface area contributed by atoms with E-state index in [1.54, 1.807) is 0 Å². The van der Waals surface area contributed by atoms with Gasteiger partial charge in [0.1, 0.15) is 0 Å². The van der Waals surface area contributed by atoms with Crippen LogP contribution in [0.15, 0.2) is 0 Å². The lowest BCUT2D eigenvalue weighted by atomic mass is 9.69. The first-order valence-corrected chi connectivity index (χ1v) is 5.99. The molecule has 1 fully saturated rings. The van der Waals surface area contributed by atoms with Crippen molar-refractivity contribution in [2.24, 2.45) is 5.92 Å². The molecule has 3 unspecified atom stereocenters. The molecule has 1 heterocycles. The standard InChI is InChI=1S/C12H25NO2/c1-6-11(4)8-10(14)9(3)12(5,7-2)13(11)15/h9-10,14-15H,6-8H2,1-5H3/t9?,10?,11-,12?/m1/s1. The van der Waals surface area contributed by atoms with Crippen LogP contribution in [0, 0.1) is 5.92 Å². The van der Waals surface area contributed by atoms with Crippen LogP contribution in [0.25, 0.3) is 0 Å². The summed E-state index contributed by atoms with van der Waals surface area (Å²) in [7, 11) is 0. The second-order valence-corrected chi connectivity index (χ2v) is 5.43. The zero-order chi connectivity index (χ0) is 11.9. The first kappa shape index (κ1) is 12.9. The number of nitrogens with zero attached hydrogens (tertiary/aromatic N) is 1. The third kappa shape index (κ3) is 1.81. The third-order valence-corrected chi connectivity index (χ3v) is 4.68. The number of hydrogen-bond acceptors (Lipinski definition) is 3. The Balaban J connectivity index is 3.05. The molecule has 1 rings (SSSR count). The van der Waals surface area contributed by atoms with Crippen molar-refractivity contribution in [2.45, 2.75) is 71.1 Å². The topological polar surface area (TPSA) is 43.7 Å². The summed E-state index contributed by atoms with van der Waals surface area (Å²) in [6.07, 6.45) is 2.03. The van der Waals surface area contributed by atoms with Gasteiger partial charge >= 0.3 is 0 Å². The van der Waals surface area contributed by atoms with Gasteiger partial charge in [-0.15, -0.1) is 0 Å². The van der Waals surface area contributed by atoms with Gasteiger partial charge in [-0.2, -0.15) is 5.06 Å². The number of piperidine rings is 1. The molecule has 3 heteroatoms. The maximum atomic E-state index is 10.4. The van der Waals surface area contributed by atoms with E-state index in [2.05, 4.69) is 13.8 Å². The van der Waals surface area contributed by atoms with Crippen LogP contribution in [0.1, 0.15) is 53.9 Å². The van der Waals surface area contributed by atoms with E-state index in [1.165, 1.54) is 5.06 Å². The van der Waals surface area contributed by atoms with Crippen molar-refractivity contribution < 1.29 is 10.3 Å². The molecule has 1 aliphatic heterocycles. The zero-order valence-electron chi connectivity index (χ0n) is 10.6. The first-order valence-electron chi connectivity index (χ1n) is 5.99. The van der Waals surface area contributed by atoms with Gasteiger partial charge in [0.15, 0.2) is 0 Å². The average Bonchev–Trinajstić information content (AvgIpc) is 2.23. The highest BCUT2D eigenvalue weighted by atomic mass is 16.5. The minimum atomic E-state index is -0.317. The minimum absolute atomic E-state index is 0.104. The maximum absolute atomic E-state index is 10.4. The summed E-state index contributed by atoms with van der Waals surface area (Å²) >= 11 is 0. The van der Waals surface area contributed by atoms with E-state index in [-0.39, 0.29) is 23.1 Å². The first-order chi connectivity index (χ1) is 6.81. The Morgan fingerprint density at radius 1 is 1.27 bits per heavy atom. The Hall–Kier alpha value is -0.120. The summed E-state index contributed by atoms with van der Waals surface area (Å²) in [6.45, 7) is 10.2. The van der Waals surface area contributed by atoms with Crippen LogP contribution >= 0.6 is 0 Å². The summed E-state index contributed by atoms with van der Waals surface area (Å²) in [5.41, 5.74) is -0.612. The van der Waals surface area contributed by atoms with E-state index in [0.717, 1.165) is 12.8 Å². The van der Waals surface area contributed by atoms with Crippen molar-refractivity contribution in [3.8, 4) is 0 Å². The van der Waals surface area contributed by atoms with Crippen molar-refractivity contribution in [3.63, 3.8) is 0 Å². The maximum Gasteiger partial charge on any atom is 0.0602 e. The molecule has 0 aliphatic carbocycles. The summed E-state index contributed by atoms with van der Waals surface area (Å²) in [4.78, 5) is 0. The van der Waals surface area contributed by atoms with E-state index in [9.17, 15) is 10.3 Å². The molecule has 4 atom stereocenters. The largest absolute Gasteiger partial charge is 0.393 e. The van der Waals surface area contributed by atoms with E-state index in [1.807, 2.05) is 20.8 Å². The highest BCUT2D eigenvalue weighted by Gasteiger charge is 2.52. The molecular weight excluding hydrogens is 190 g/mol. The monoisotopic (exact) mass is 215 g/mol. The molecule has 0 bridgehead atoms. The van der Waals surface area contributed by atoms with E-state index in [0.29, 0.717) is 6.42 Å². The lowest BCUT2D eigenvalue weighted by molar-refractivity contribution is -0.287. The fourth-order valence-corrected chi connectivity index (χ4v) is 2.70. The van der Waals surface area contributed by atoms with E-state index >= 15 is 0 Å². The van der Waals surface area contributed by atoms with Crippen molar-refractivity contribution >= 4 is 0 Å². The molecule has 0 radical (unpaired) electrons. The van der Waals surface area contributed by atoms with Crippen LogP contribution in [-0.4, -0.2) is 32.6 Å². The Labute approximate surface area is 93.1 Å². The molecule has 15 heavy (non-hydrogen) atoms. The SMILES string of the molecule is CCC1(C)C(C)C(O)C[C@@](C)(CC)N1O. The van der Waals surface area contributed by atoms with Crippen LogP contribution in [0.2, 0.25) is 0 Å². The van der Waals surface area contributed by atoms with E-state index < -0.39 is 0 Å². The summed E-state index contributed by atoms with van der Waals surface area (Å²) in [5, 5.41) is 21.9. The zero-order valence-corrected chi connectivity index (χ0v) is 10.6. The molecule has 0 saturated carbocycles. The molecule has 0 aromatic rings. The van der Waals surface area contributed by atoms with Gasteiger partial charge in [0, 0.05) is 17.0 Å². The normalized spacial score (nSPS) is 48.2. The van der Waals surface area contributed by atoms with Crippen LogP contribution in [0.4, 0.5) is 0 Å². The predicted octanol–water partition coefficient (Wildman–Crippen LogP) is 2.42. The van der Waals surface area contributed by atoms with E-state index in [4.69, 9.17) is 0 Å². The van der Waals surface area contributed by atoms with Gasteiger partial charge in [-0.1, -0.05) is 20.8 Å². The van der Waals surface area contributed by atoms with Gasteiger partial charge in [-0.05, 0) is 33.1 Å². The minimum Gasteiger partial charge on any atom is -0.393 e. The number of rotatable bonds is 2. The van der Waals surface area contributed by atoms with Crippen molar-refractivity contribution in [1.29, 1.82) is 0 Å². The van der Waals surface area contributed by atoms with Crippen LogP contribution in [0.3, 0.4) is 0 Å². The molecule has 0 aromatic heterocycles. The molecule has 1 aliphatic rings. The van der Waals surface area contributed by atoms with Crippen LogP contribution in [-0.2, 0) is 0 Å².